The summed E-state index contributed by atoms with van der Waals surface area (Å²) >= 11 is 0. The molecule has 21 heavy (non-hydrogen) atoms. The molecule has 1 aliphatic rings. The Bertz CT molecular complexity index is 518. The quantitative estimate of drug-likeness (QED) is 0.886. The Balaban J connectivity index is 2.01. The monoisotopic (exact) mass is 292 g/mol. The summed E-state index contributed by atoms with van der Waals surface area (Å²) in [7, 11) is 0. The van der Waals surface area contributed by atoms with Crippen molar-refractivity contribution in [3.8, 4) is 0 Å². The van der Waals surface area contributed by atoms with E-state index >= 15 is 0 Å². The van der Waals surface area contributed by atoms with Gasteiger partial charge in [0.05, 0.1) is 23.5 Å². The van der Waals surface area contributed by atoms with Crippen molar-refractivity contribution in [3.63, 3.8) is 0 Å². The maximum atomic E-state index is 12.2. The van der Waals surface area contributed by atoms with Crippen LogP contribution in [0.2, 0.25) is 0 Å². The number of carbonyl (C=O) groups is 2. The van der Waals surface area contributed by atoms with Crippen LogP contribution in [0.5, 0.6) is 0 Å². The first-order valence-corrected chi connectivity index (χ1v) is 6.95. The first-order chi connectivity index (χ1) is 9.91. The molecule has 1 atom stereocenters. The number of aliphatic carboxylic acids is 1. The number of hydrogen-bond donors (Lipinski definition) is 2. The smallest absolute Gasteiger partial charge is 0.321 e. The Labute approximate surface area is 123 Å². The van der Waals surface area contributed by atoms with E-state index in [0.29, 0.717) is 18.8 Å². The maximum Gasteiger partial charge on any atom is 0.321 e. The maximum absolute atomic E-state index is 12.2. The van der Waals surface area contributed by atoms with E-state index in [0.717, 1.165) is 12.8 Å². The Hall–Kier alpha value is -2.18. The summed E-state index contributed by atoms with van der Waals surface area (Å²) in [5.74, 6) is -0.882. The van der Waals surface area contributed by atoms with Gasteiger partial charge in [-0.25, -0.2) is 14.8 Å². The van der Waals surface area contributed by atoms with Crippen LogP contribution in [-0.2, 0) is 4.79 Å². The van der Waals surface area contributed by atoms with Gasteiger partial charge in [0.2, 0.25) is 0 Å². The third-order valence-corrected chi connectivity index (χ3v) is 4.09. The number of piperidine rings is 1. The number of aromatic nitrogens is 2. The summed E-state index contributed by atoms with van der Waals surface area (Å²) in [4.78, 5) is 32.9. The average Bonchev–Trinajstić information content (AvgIpc) is 2.48. The second-order valence-corrected chi connectivity index (χ2v) is 5.87. The van der Waals surface area contributed by atoms with Crippen LogP contribution >= 0.6 is 0 Å². The molecule has 1 saturated heterocycles. The highest BCUT2D eigenvalue weighted by Crippen LogP contribution is 2.34. The van der Waals surface area contributed by atoms with E-state index in [-0.39, 0.29) is 11.9 Å². The van der Waals surface area contributed by atoms with E-state index in [2.05, 4.69) is 15.3 Å². The molecule has 0 saturated carbocycles. The van der Waals surface area contributed by atoms with Crippen LogP contribution < -0.4 is 5.32 Å². The van der Waals surface area contributed by atoms with Crippen LogP contribution in [0, 0.1) is 11.3 Å². The van der Waals surface area contributed by atoms with E-state index in [1.54, 1.807) is 18.7 Å². The molecule has 0 aromatic carbocycles. The van der Waals surface area contributed by atoms with Gasteiger partial charge in [0.1, 0.15) is 6.33 Å². The number of carboxylic acids is 1. The van der Waals surface area contributed by atoms with Crippen molar-refractivity contribution < 1.29 is 14.7 Å². The lowest BCUT2D eigenvalue weighted by Crippen LogP contribution is -2.48. The second kappa shape index (κ2) is 6.07. The van der Waals surface area contributed by atoms with Crippen LogP contribution in [0.3, 0.4) is 0 Å². The van der Waals surface area contributed by atoms with Gasteiger partial charge in [0, 0.05) is 13.1 Å². The van der Waals surface area contributed by atoms with Gasteiger partial charge in [-0.05, 0) is 32.6 Å². The SMILES string of the molecule is CC(C)(C(=O)O)C1CCCN(C(=O)Nc2cncnc2)C1. The van der Waals surface area contributed by atoms with Gasteiger partial charge in [-0.1, -0.05) is 0 Å². The average molecular weight is 292 g/mol. The molecule has 7 heteroatoms. The first-order valence-electron chi connectivity index (χ1n) is 6.95. The highest BCUT2D eigenvalue weighted by molar-refractivity contribution is 5.89. The third kappa shape index (κ3) is 3.48. The van der Waals surface area contributed by atoms with Crippen molar-refractivity contribution >= 4 is 17.7 Å². The Morgan fingerprint density at radius 3 is 2.67 bits per heavy atom. The number of nitrogens with zero attached hydrogens (tertiary/aromatic N) is 3. The summed E-state index contributed by atoms with van der Waals surface area (Å²) in [5, 5.41) is 12.0. The van der Waals surface area contributed by atoms with Crippen LogP contribution in [0.4, 0.5) is 10.5 Å². The molecule has 0 radical (unpaired) electrons. The van der Waals surface area contributed by atoms with E-state index in [1.165, 1.54) is 18.7 Å². The van der Waals surface area contributed by atoms with Crippen molar-refractivity contribution in [1.29, 1.82) is 0 Å². The van der Waals surface area contributed by atoms with Gasteiger partial charge in [-0.15, -0.1) is 0 Å². The van der Waals surface area contributed by atoms with Gasteiger partial charge >= 0.3 is 12.0 Å². The number of carbonyl (C=O) groups excluding carboxylic acids is 1. The fourth-order valence-electron chi connectivity index (χ4n) is 2.49. The molecular formula is C14H20N4O3. The fourth-order valence-corrected chi connectivity index (χ4v) is 2.49. The topological polar surface area (TPSA) is 95.4 Å². The van der Waals surface area contributed by atoms with E-state index in [1.807, 2.05) is 0 Å². The number of rotatable bonds is 3. The second-order valence-electron chi connectivity index (χ2n) is 5.87. The van der Waals surface area contributed by atoms with Crippen molar-refractivity contribution in [2.75, 3.05) is 18.4 Å². The minimum atomic E-state index is -0.838. The lowest BCUT2D eigenvalue weighted by Gasteiger charge is -2.39. The van der Waals surface area contributed by atoms with Crippen LogP contribution in [0.1, 0.15) is 26.7 Å². The summed E-state index contributed by atoms with van der Waals surface area (Å²) < 4.78 is 0. The summed E-state index contributed by atoms with van der Waals surface area (Å²) in [5.41, 5.74) is -0.309. The number of anilines is 1. The van der Waals surface area contributed by atoms with E-state index in [9.17, 15) is 14.7 Å². The Morgan fingerprint density at radius 2 is 2.05 bits per heavy atom. The number of likely N-dealkylation sites (tertiary alicyclic amines) is 1. The van der Waals surface area contributed by atoms with E-state index in [4.69, 9.17) is 0 Å². The van der Waals surface area contributed by atoms with Gasteiger partial charge in [-0.2, -0.15) is 0 Å². The van der Waals surface area contributed by atoms with Gasteiger partial charge < -0.3 is 15.3 Å². The molecule has 2 amide bonds. The Morgan fingerprint density at radius 1 is 1.38 bits per heavy atom. The minimum absolute atomic E-state index is 0.0541. The number of urea groups is 1. The lowest BCUT2D eigenvalue weighted by atomic mass is 9.74. The predicted octanol–water partition coefficient (Wildman–Crippen LogP) is 1.83. The molecule has 114 valence electrons. The van der Waals surface area contributed by atoms with Gasteiger partial charge in [0.15, 0.2) is 0 Å². The lowest BCUT2D eigenvalue weighted by molar-refractivity contribution is -0.151. The first kappa shape index (κ1) is 15.2. The largest absolute Gasteiger partial charge is 0.481 e. The van der Waals surface area contributed by atoms with Crippen LogP contribution in [-0.4, -0.2) is 45.1 Å². The zero-order chi connectivity index (χ0) is 15.5. The summed E-state index contributed by atoms with van der Waals surface area (Å²) in [6, 6.07) is -0.240. The summed E-state index contributed by atoms with van der Waals surface area (Å²) in [6.45, 7) is 4.50. The molecule has 7 nitrogen and oxygen atoms in total. The molecule has 0 aliphatic carbocycles. The Kier molecular flexibility index (Phi) is 4.40. The van der Waals surface area contributed by atoms with Crippen molar-refractivity contribution in [2.24, 2.45) is 11.3 Å². The third-order valence-electron chi connectivity index (χ3n) is 4.09. The standard InChI is InChI=1S/C14H20N4O3/c1-14(2,12(19)20)10-4-3-5-18(8-10)13(21)17-11-6-15-9-16-7-11/h6-7,9-10H,3-5,8H2,1-2H3,(H,17,21)(H,19,20). The molecule has 1 unspecified atom stereocenters. The molecular weight excluding hydrogens is 272 g/mol. The van der Waals surface area contributed by atoms with Crippen molar-refractivity contribution in [1.82, 2.24) is 14.9 Å². The zero-order valence-corrected chi connectivity index (χ0v) is 12.2. The molecule has 2 N–H and O–H groups in total. The van der Waals surface area contributed by atoms with Gasteiger partial charge in [0.25, 0.3) is 0 Å². The molecule has 2 rings (SSSR count). The molecule has 0 spiro atoms. The normalized spacial score (nSPS) is 19.1. The number of hydrogen-bond acceptors (Lipinski definition) is 4. The van der Waals surface area contributed by atoms with Crippen LogP contribution in [0.25, 0.3) is 0 Å². The molecule has 0 bridgehead atoms. The fraction of sp³-hybridized carbons (Fsp3) is 0.571. The molecule has 1 aliphatic heterocycles. The van der Waals surface area contributed by atoms with E-state index < -0.39 is 11.4 Å². The molecule has 1 aromatic heterocycles. The molecule has 1 fully saturated rings. The van der Waals surface area contributed by atoms with Gasteiger partial charge in [-0.3, -0.25) is 4.79 Å². The predicted molar refractivity (Wildman–Crippen MR) is 76.8 cm³/mol. The number of amides is 2. The number of carboxylic acid groups (broad SMARTS) is 1. The highest BCUT2D eigenvalue weighted by atomic mass is 16.4. The molecule has 1 aromatic rings. The highest BCUT2D eigenvalue weighted by Gasteiger charge is 2.40. The summed E-state index contributed by atoms with van der Waals surface area (Å²) in [6.07, 6.45) is 6.06. The zero-order valence-electron chi connectivity index (χ0n) is 12.2. The van der Waals surface area contributed by atoms with Crippen molar-refractivity contribution in [3.05, 3.63) is 18.7 Å². The molecule has 2 heterocycles. The minimum Gasteiger partial charge on any atom is -0.481 e. The van der Waals surface area contributed by atoms with Crippen LogP contribution in [0.15, 0.2) is 18.7 Å². The number of nitrogens with one attached hydrogen (secondary N) is 1. The van der Waals surface area contributed by atoms with Crippen molar-refractivity contribution in [2.45, 2.75) is 26.7 Å².